The highest BCUT2D eigenvalue weighted by molar-refractivity contribution is 5.84. The highest BCUT2D eigenvalue weighted by Gasteiger charge is 2.21. The molecule has 626 valence electrons. The van der Waals surface area contributed by atoms with Crippen LogP contribution in [0.1, 0.15) is 172 Å². The zero-order valence-corrected chi connectivity index (χ0v) is 72.5. The molecule has 20 heteroatoms. The van der Waals surface area contributed by atoms with E-state index < -0.39 is 0 Å². The Labute approximate surface area is 720 Å². The quantitative estimate of drug-likeness (QED) is 0.0292. The van der Waals surface area contributed by atoms with Gasteiger partial charge in [0.15, 0.2) is 22.6 Å². The lowest BCUT2D eigenvalue weighted by atomic mass is 10.1. The van der Waals surface area contributed by atoms with Crippen LogP contribution in [0.15, 0.2) is 251 Å². The van der Waals surface area contributed by atoms with Gasteiger partial charge in [-0.25, -0.2) is 33.6 Å². The first kappa shape index (κ1) is 85.7. The second-order valence-corrected chi connectivity index (χ2v) is 32.4. The topological polar surface area (TPSA) is 189 Å². The number of nitrogens with zero attached hydrogens (tertiary/aromatic N) is 13. The number of aromatic amines is 1. The molecule has 0 saturated heterocycles. The van der Waals surface area contributed by atoms with Crippen LogP contribution in [0, 0.1) is 45.9 Å². The van der Waals surface area contributed by atoms with Gasteiger partial charge in [-0.3, -0.25) is 19.9 Å². The predicted octanol–water partition coefficient (Wildman–Crippen LogP) is 24.8. The van der Waals surface area contributed by atoms with Gasteiger partial charge >= 0.3 is 0 Å². The van der Waals surface area contributed by atoms with Crippen molar-refractivity contribution < 1.29 is 8.78 Å². The van der Waals surface area contributed by atoms with Crippen molar-refractivity contribution in [3.05, 3.63) is 341 Å². The van der Waals surface area contributed by atoms with Gasteiger partial charge in [0.2, 0.25) is 5.69 Å². The van der Waals surface area contributed by atoms with E-state index in [0.29, 0.717) is 29.4 Å². The lowest BCUT2D eigenvalue weighted by Gasteiger charge is -2.14. The number of halogens is 2. The summed E-state index contributed by atoms with van der Waals surface area (Å²) in [6.07, 6.45) is 39.3. The number of hydrogen-bond donors (Lipinski definition) is 5. The van der Waals surface area contributed by atoms with Crippen molar-refractivity contribution in [1.82, 2.24) is 62.5 Å². The fourth-order valence-corrected chi connectivity index (χ4v) is 15.3. The van der Waals surface area contributed by atoms with Gasteiger partial charge in [-0.1, -0.05) is 163 Å². The van der Waals surface area contributed by atoms with Gasteiger partial charge in [0.1, 0.15) is 11.6 Å². The molecule has 13 aromatic heterocycles. The lowest BCUT2D eigenvalue weighted by molar-refractivity contribution is 0.621. The molecule has 0 bridgehead atoms. The van der Waals surface area contributed by atoms with E-state index in [2.05, 4.69) is 284 Å². The fraction of sp³-hybridized carbons (Fsp3) is 0.272. The lowest BCUT2D eigenvalue weighted by Crippen LogP contribution is -2.07. The van der Waals surface area contributed by atoms with Crippen LogP contribution in [-0.4, -0.2) is 88.6 Å². The number of fused-ring (bicyclic) bond motifs is 5. The van der Waals surface area contributed by atoms with E-state index in [1.807, 2.05) is 80.0 Å². The first-order valence-corrected chi connectivity index (χ1v) is 43.0. The van der Waals surface area contributed by atoms with Crippen LogP contribution >= 0.6 is 0 Å². The molecule has 17 aromatic rings. The average Bonchev–Trinajstić information content (AvgIpc) is 1.70. The molecule has 17 rings (SSSR count). The van der Waals surface area contributed by atoms with Crippen LogP contribution in [-0.2, 0) is 25.7 Å². The number of aryl methyl sites for hydroxylation is 4. The van der Waals surface area contributed by atoms with Crippen molar-refractivity contribution >= 4 is 61.9 Å². The van der Waals surface area contributed by atoms with Gasteiger partial charge in [-0.05, 0) is 191 Å². The maximum Gasteiger partial charge on any atom is 0.205 e. The normalized spacial score (nSPS) is 12.2. The predicted molar refractivity (Wildman–Crippen MR) is 500 cm³/mol. The molecule has 0 aliphatic heterocycles. The molecule has 0 spiro atoms. The van der Waals surface area contributed by atoms with Crippen LogP contribution in [0.3, 0.4) is 0 Å². The first-order valence-electron chi connectivity index (χ1n) is 43.0. The van der Waals surface area contributed by atoms with Crippen molar-refractivity contribution in [3.8, 4) is 44.5 Å². The van der Waals surface area contributed by atoms with Crippen LogP contribution in [0.4, 0.5) is 37.2 Å². The van der Waals surface area contributed by atoms with Crippen molar-refractivity contribution in [2.45, 2.75) is 158 Å². The van der Waals surface area contributed by atoms with Gasteiger partial charge in [0.05, 0.1) is 41.7 Å². The van der Waals surface area contributed by atoms with Gasteiger partial charge in [-0.2, -0.15) is 0 Å². The Kier molecular flexibility index (Phi) is 28.0. The Balaban J connectivity index is 0.000000134. The summed E-state index contributed by atoms with van der Waals surface area (Å²) in [5.74, 6) is 0.911. The molecular weight excluding hydrogens is 1530 g/mol. The van der Waals surface area contributed by atoms with Crippen molar-refractivity contribution in [3.63, 3.8) is 0 Å². The monoisotopic (exact) mass is 1640 g/mol. The number of benzene rings is 4. The molecule has 18 nitrogen and oxygen atoms in total. The third-order valence-corrected chi connectivity index (χ3v) is 23.4. The van der Waals surface area contributed by atoms with E-state index in [-0.39, 0.29) is 11.6 Å². The summed E-state index contributed by atoms with van der Waals surface area (Å²) < 4.78 is 36.3. The van der Waals surface area contributed by atoms with Gasteiger partial charge in [0, 0.05) is 192 Å². The summed E-state index contributed by atoms with van der Waals surface area (Å²) in [5, 5.41) is 15.6. The van der Waals surface area contributed by atoms with E-state index in [1.165, 1.54) is 80.2 Å². The Morgan fingerprint density at radius 1 is 0.358 bits per heavy atom. The number of anilines is 4. The smallest absolute Gasteiger partial charge is 0.205 e. The summed E-state index contributed by atoms with van der Waals surface area (Å²) in [7, 11) is 0. The highest BCUT2D eigenvalue weighted by atomic mass is 19.1. The Morgan fingerprint density at radius 2 is 0.683 bits per heavy atom. The zero-order valence-electron chi connectivity index (χ0n) is 72.5. The molecule has 0 fully saturated rings. The summed E-state index contributed by atoms with van der Waals surface area (Å²) in [4.78, 5) is 42.5. The molecule has 13 heterocycles. The van der Waals surface area contributed by atoms with Crippen LogP contribution < -0.4 is 21.3 Å². The molecule has 0 radical (unpaired) electrons. The van der Waals surface area contributed by atoms with Crippen molar-refractivity contribution in [2.24, 2.45) is 0 Å². The summed E-state index contributed by atoms with van der Waals surface area (Å²) in [5.41, 5.74) is 31.8. The van der Waals surface area contributed by atoms with Gasteiger partial charge < -0.3 is 43.9 Å². The summed E-state index contributed by atoms with van der Waals surface area (Å²) >= 11 is 0. The van der Waals surface area contributed by atoms with Crippen LogP contribution in [0.25, 0.3) is 82.8 Å². The molecule has 0 amide bonds. The fourth-order valence-electron chi connectivity index (χ4n) is 15.3. The SMILES string of the molecule is CCC(C)c1cnc2c(NCCc3c[nH]c4ccccc34)cc(-c3cncc(F)c3)cn12.CCC(C)c1cnc2c(NCCc3ccc(C)cc3)cc(-c3cncc(C)c3)cn12.CCC(C)c1cnc2c(NCCc3ccc(C)cc3)cc(-c3cncc(F)c3)cn12.[C-]#[N+]c1cncc(-c2cc(NCCc3ccc(C)cc3)c3ncc(C(C)CC)n3c2)c1. The standard InChI is InChI=1S/C26H26FN5.C26H27N5.C26H30N4.C25H27FN4/c1-3-17(2)25-15-31-26-24(11-20(16-32(25)26)19-10-21(27)14-28-12-19)29-9-8-18-13-30-23-7-5-4-6-22(18)23;1-5-19(3)25-16-30-26-24(29-11-10-20-8-6-18(2)7-9-20)13-22(17-31(25)26)21-12-23(27-4)15-28-14-21;1-5-20(4)25-16-29-26-24(28-11-10-21-8-6-18(2)7-9-21)13-23(17-30(25)26)22-12-19(3)14-27-15-22;1-4-18(3)24-15-29-25-23(28-10-9-19-7-5-17(2)6-8-19)12-21(16-30(24)25)20-11-22(26)14-27-13-20/h4-7,10-17,29-30H,3,8-9H2,1-2H3;6-9,12-17,19,29H,5,10-11H2,1-3H3;6-9,12-17,20,28H,5,10-11H2,1-4H3;5-8,11-16,18,28H,4,9-10H2,1-3H3. The van der Waals surface area contributed by atoms with E-state index in [1.54, 1.807) is 18.6 Å². The first-order chi connectivity index (χ1) is 59.8. The summed E-state index contributed by atoms with van der Waals surface area (Å²) in [6, 6.07) is 49.9. The Morgan fingerprint density at radius 3 is 1.02 bits per heavy atom. The minimum absolute atomic E-state index is 0.339. The highest BCUT2D eigenvalue weighted by Crippen LogP contribution is 2.36. The molecule has 5 N–H and O–H groups in total. The molecule has 123 heavy (non-hydrogen) atoms. The van der Waals surface area contributed by atoms with E-state index in [0.717, 1.165) is 190 Å². The average molecular weight is 1640 g/mol. The number of para-hydroxylation sites is 1. The molecule has 0 aliphatic rings. The third kappa shape index (κ3) is 20.9. The largest absolute Gasteiger partial charge is 0.382 e. The molecular formula is C103H110F2N18. The van der Waals surface area contributed by atoms with E-state index >= 15 is 0 Å². The molecule has 0 aliphatic carbocycles. The van der Waals surface area contributed by atoms with E-state index in [9.17, 15) is 8.78 Å². The number of rotatable bonds is 28. The minimum atomic E-state index is -0.343. The number of aromatic nitrogens is 13. The number of H-pyrrole nitrogens is 1. The van der Waals surface area contributed by atoms with Crippen LogP contribution in [0.5, 0.6) is 0 Å². The maximum atomic E-state index is 13.9. The van der Waals surface area contributed by atoms with Crippen molar-refractivity contribution in [2.75, 3.05) is 47.4 Å². The molecule has 4 aromatic carbocycles. The van der Waals surface area contributed by atoms with E-state index in [4.69, 9.17) is 21.5 Å². The molecule has 4 atom stereocenters. The van der Waals surface area contributed by atoms with Gasteiger partial charge in [-0.15, -0.1) is 0 Å². The third-order valence-electron chi connectivity index (χ3n) is 23.4. The van der Waals surface area contributed by atoms with Crippen LogP contribution in [0.2, 0.25) is 0 Å². The Bertz CT molecular complexity index is 6280. The maximum absolute atomic E-state index is 13.9. The van der Waals surface area contributed by atoms with Gasteiger partial charge in [0.25, 0.3) is 0 Å². The number of imidazole rings is 4. The number of pyridine rings is 8. The summed E-state index contributed by atoms with van der Waals surface area (Å²) in [6.45, 7) is 36.6. The Hall–Kier alpha value is -13.7. The minimum Gasteiger partial charge on any atom is -0.382 e. The zero-order chi connectivity index (χ0) is 86.0. The van der Waals surface area contributed by atoms with Crippen molar-refractivity contribution in [1.29, 1.82) is 0 Å². The molecule has 4 unspecified atom stereocenters. The second kappa shape index (κ2) is 40.1. The number of hydrogen-bond acceptors (Lipinski definition) is 12. The second-order valence-electron chi connectivity index (χ2n) is 32.4. The number of nitrogens with one attached hydrogen (secondary N) is 5. The molecule has 0 saturated carbocycles.